The van der Waals surface area contributed by atoms with Crippen molar-refractivity contribution in [1.82, 2.24) is 9.80 Å². The standard InChI is InChI=1S/C14H18N2O/c17-14-6-8-16(10-14)11-15-7-5-12-3-1-2-4-13(12)9-15/h1-4,14,17H,5-8,10-11H2. The van der Waals surface area contributed by atoms with E-state index in [0.717, 1.165) is 39.1 Å². The normalized spacial score (nSPS) is 26.1. The van der Waals surface area contributed by atoms with Crippen molar-refractivity contribution in [1.29, 1.82) is 0 Å². The van der Waals surface area contributed by atoms with Gasteiger partial charge in [-0.3, -0.25) is 9.80 Å². The predicted octanol–water partition coefficient (Wildman–Crippen LogP) is 0.956. The van der Waals surface area contributed by atoms with Crippen LogP contribution >= 0.6 is 0 Å². The molecule has 2 heterocycles. The maximum Gasteiger partial charge on any atom is 0.0977 e. The van der Waals surface area contributed by atoms with E-state index in [1.165, 1.54) is 11.1 Å². The van der Waals surface area contributed by atoms with Crippen LogP contribution in [-0.4, -0.2) is 47.3 Å². The molecule has 1 unspecified atom stereocenters. The van der Waals surface area contributed by atoms with E-state index in [0.29, 0.717) is 0 Å². The molecule has 1 aromatic carbocycles. The third-order valence-corrected chi connectivity index (χ3v) is 3.57. The zero-order chi connectivity index (χ0) is 11.7. The third kappa shape index (κ3) is 2.51. The molecule has 0 amide bonds. The van der Waals surface area contributed by atoms with Crippen LogP contribution in [0.2, 0.25) is 0 Å². The summed E-state index contributed by atoms with van der Waals surface area (Å²) in [6.07, 6.45) is 1.87. The Bertz CT molecular complexity index is 394. The summed E-state index contributed by atoms with van der Waals surface area (Å²) in [6, 6.07) is 8.46. The van der Waals surface area contributed by atoms with Gasteiger partial charge in [-0.15, -0.1) is 0 Å². The van der Waals surface area contributed by atoms with Crippen molar-refractivity contribution in [3.8, 4) is 0 Å². The second kappa shape index (κ2) is 4.77. The molecule has 0 aliphatic carbocycles. The molecule has 3 rings (SSSR count). The average Bonchev–Trinajstić information content (AvgIpc) is 2.75. The smallest absolute Gasteiger partial charge is 0.0977 e. The molecule has 2 radical (unpaired) electrons. The summed E-state index contributed by atoms with van der Waals surface area (Å²) < 4.78 is 0. The fraction of sp³-hybridized carbons (Fsp3) is 0.500. The number of benzene rings is 1. The molecular weight excluding hydrogens is 212 g/mol. The van der Waals surface area contributed by atoms with E-state index in [-0.39, 0.29) is 6.10 Å². The van der Waals surface area contributed by atoms with Crippen molar-refractivity contribution in [2.24, 2.45) is 0 Å². The molecule has 0 bridgehead atoms. The SMILES string of the molecule is OC1CCN(CN2[C]c3ccccc3CC2)C1. The van der Waals surface area contributed by atoms with Crippen LogP contribution in [0.5, 0.6) is 0 Å². The van der Waals surface area contributed by atoms with Gasteiger partial charge in [-0.25, -0.2) is 0 Å². The number of aliphatic hydroxyl groups is 1. The van der Waals surface area contributed by atoms with Gasteiger partial charge in [-0.05, 0) is 24.0 Å². The lowest BCUT2D eigenvalue weighted by molar-refractivity contribution is 0.144. The van der Waals surface area contributed by atoms with Crippen molar-refractivity contribution < 1.29 is 5.11 Å². The average molecular weight is 230 g/mol. The number of hydrogen-bond acceptors (Lipinski definition) is 3. The van der Waals surface area contributed by atoms with Gasteiger partial charge in [0.2, 0.25) is 0 Å². The maximum atomic E-state index is 9.51. The van der Waals surface area contributed by atoms with Crippen LogP contribution in [0.3, 0.4) is 0 Å². The van der Waals surface area contributed by atoms with Crippen LogP contribution in [0, 0.1) is 6.54 Å². The third-order valence-electron chi connectivity index (χ3n) is 3.57. The van der Waals surface area contributed by atoms with E-state index < -0.39 is 0 Å². The minimum absolute atomic E-state index is 0.132. The summed E-state index contributed by atoms with van der Waals surface area (Å²) in [6.45, 7) is 7.18. The lowest BCUT2D eigenvalue weighted by atomic mass is 10.0. The zero-order valence-electron chi connectivity index (χ0n) is 9.97. The first kappa shape index (κ1) is 11.2. The van der Waals surface area contributed by atoms with Gasteiger partial charge in [0, 0.05) is 19.6 Å². The van der Waals surface area contributed by atoms with Gasteiger partial charge < -0.3 is 5.11 Å². The maximum absolute atomic E-state index is 9.51. The van der Waals surface area contributed by atoms with Crippen LogP contribution < -0.4 is 0 Å². The Labute approximate surface area is 103 Å². The Kier molecular flexibility index (Phi) is 3.14. The molecule has 1 atom stereocenters. The molecule has 1 aromatic rings. The fourth-order valence-corrected chi connectivity index (χ4v) is 2.62. The van der Waals surface area contributed by atoms with Crippen LogP contribution in [0.25, 0.3) is 0 Å². The van der Waals surface area contributed by atoms with Crippen LogP contribution in [0.4, 0.5) is 0 Å². The molecule has 3 nitrogen and oxygen atoms in total. The Morgan fingerprint density at radius 1 is 1.29 bits per heavy atom. The molecule has 1 fully saturated rings. The largest absolute Gasteiger partial charge is 0.392 e. The minimum atomic E-state index is -0.132. The molecular formula is C14H18N2O. The first-order valence-corrected chi connectivity index (χ1v) is 6.31. The number of β-amino-alcohol motifs (C(OH)–C–C–N with tert-alkyl or cyclic N) is 1. The highest BCUT2D eigenvalue weighted by atomic mass is 16.3. The summed E-state index contributed by atoms with van der Waals surface area (Å²) in [5.74, 6) is 0. The Hall–Kier alpha value is -0.900. The van der Waals surface area contributed by atoms with Crippen LogP contribution in [0.1, 0.15) is 17.5 Å². The van der Waals surface area contributed by atoms with Gasteiger partial charge >= 0.3 is 0 Å². The Balaban J connectivity index is 1.61. The molecule has 2 aliphatic rings. The molecule has 3 heteroatoms. The van der Waals surface area contributed by atoms with Crippen molar-refractivity contribution in [3.05, 3.63) is 41.9 Å². The summed E-state index contributed by atoms with van der Waals surface area (Å²) in [4.78, 5) is 4.53. The van der Waals surface area contributed by atoms with Gasteiger partial charge in [0.05, 0.1) is 19.3 Å². The van der Waals surface area contributed by atoms with Crippen LogP contribution in [0.15, 0.2) is 24.3 Å². The van der Waals surface area contributed by atoms with Crippen molar-refractivity contribution in [2.75, 3.05) is 26.3 Å². The van der Waals surface area contributed by atoms with Gasteiger partial charge in [0.15, 0.2) is 0 Å². The highest BCUT2D eigenvalue weighted by Crippen LogP contribution is 2.21. The van der Waals surface area contributed by atoms with E-state index in [2.05, 4.69) is 40.6 Å². The first-order chi connectivity index (χ1) is 8.31. The molecule has 1 N–H and O–H groups in total. The minimum Gasteiger partial charge on any atom is -0.392 e. The second-order valence-electron chi connectivity index (χ2n) is 4.94. The molecule has 0 saturated carbocycles. The van der Waals surface area contributed by atoms with E-state index in [1.54, 1.807) is 0 Å². The number of likely N-dealkylation sites (tertiary alicyclic amines) is 1. The second-order valence-corrected chi connectivity index (χ2v) is 4.94. The molecule has 0 aromatic heterocycles. The quantitative estimate of drug-likeness (QED) is 0.819. The topological polar surface area (TPSA) is 26.7 Å². The summed E-state index contributed by atoms with van der Waals surface area (Å²) in [5.41, 5.74) is 2.61. The summed E-state index contributed by atoms with van der Waals surface area (Å²) in [5, 5.41) is 9.51. The summed E-state index contributed by atoms with van der Waals surface area (Å²) >= 11 is 0. The number of hydrogen-bond donors (Lipinski definition) is 1. The van der Waals surface area contributed by atoms with Gasteiger partial charge in [-0.1, -0.05) is 24.3 Å². The molecule has 2 aliphatic heterocycles. The summed E-state index contributed by atoms with van der Waals surface area (Å²) in [7, 11) is 0. The van der Waals surface area contributed by atoms with Crippen molar-refractivity contribution >= 4 is 0 Å². The van der Waals surface area contributed by atoms with E-state index in [4.69, 9.17) is 0 Å². The Morgan fingerprint density at radius 2 is 2.18 bits per heavy atom. The Morgan fingerprint density at radius 3 is 3.00 bits per heavy atom. The van der Waals surface area contributed by atoms with Gasteiger partial charge in [-0.2, -0.15) is 0 Å². The van der Waals surface area contributed by atoms with E-state index in [9.17, 15) is 5.11 Å². The lowest BCUT2D eigenvalue weighted by Gasteiger charge is -2.30. The first-order valence-electron chi connectivity index (χ1n) is 6.31. The lowest BCUT2D eigenvalue weighted by Crippen LogP contribution is -2.39. The number of rotatable bonds is 2. The molecule has 1 saturated heterocycles. The fourth-order valence-electron chi connectivity index (χ4n) is 2.62. The monoisotopic (exact) mass is 230 g/mol. The van der Waals surface area contributed by atoms with Gasteiger partial charge in [0.25, 0.3) is 0 Å². The molecule has 0 spiro atoms. The van der Waals surface area contributed by atoms with E-state index in [1.807, 2.05) is 0 Å². The van der Waals surface area contributed by atoms with E-state index >= 15 is 0 Å². The van der Waals surface area contributed by atoms with Crippen molar-refractivity contribution in [3.63, 3.8) is 0 Å². The zero-order valence-corrected chi connectivity index (χ0v) is 9.97. The predicted molar refractivity (Wildman–Crippen MR) is 66.3 cm³/mol. The number of aliphatic hydroxyl groups excluding tert-OH is 1. The highest BCUT2D eigenvalue weighted by Gasteiger charge is 2.24. The van der Waals surface area contributed by atoms with Crippen LogP contribution in [-0.2, 0) is 6.42 Å². The molecule has 17 heavy (non-hydrogen) atoms. The number of nitrogens with zero attached hydrogens (tertiary/aromatic N) is 2. The number of fused-ring (bicyclic) bond motifs is 1. The molecule has 90 valence electrons. The van der Waals surface area contributed by atoms with Gasteiger partial charge in [0.1, 0.15) is 0 Å². The van der Waals surface area contributed by atoms with Crippen molar-refractivity contribution in [2.45, 2.75) is 18.9 Å². The highest BCUT2D eigenvalue weighted by molar-refractivity contribution is 5.34.